The van der Waals surface area contributed by atoms with Crippen molar-refractivity contribution in [2.24, 2.45) is 0 Å². The number of amides is 1. The Bertz CT molecular complexity index is 789. The Morgan fingerprint density at radius 2 is 1.92 bits per heavy atom. The number of hydrogen-bond donors (Lipinski definition) is 2. The molecule has 3 rings (SSSR count). The number of benzene rings is 2. The summed E-state index contributed by atoms with van der Waals surface area (Å²) in [6.07, 6.45) is 4.04. The van der Waals surface area contributed by atoms with E-state index in [1.54, 1.807) is 36.7 Å². The number of ether oxygens (including phenoxy) is 1. The largest absolute Gasteiger partial charge is 0.484 e. The minimum absolute atomic E-state index is 0.0663. The van der Waals surface area contributed by atoms with Crippen LogP contribution in [0.3, 0.4) is 0 Å². The van der Waals surface area contributed by atoms with Gasteiger partial charge in [-0.3, -0.25) is 4.79 Å². The summed E-state index contributed by atoms with van der Waals surface area (Å²) in [5, 5.41) is 3.63. The van der Waals surface area contributed by atoms with E-state index in [4.69, 9.17) is 16.3 Å². The van der Waals surface area contributed by atoms with Crippen LogP contribution in [0.25, 0.3) is 0 Å². The summed E-state index contributed by atoms with van der Waals surface area (Å²) in [5.41, 5.74) is 1.01. The molecule has 0 radical (unpaired) electrons. The molecule has 5 nitrogen and oxygen atoms in total. The summed E-state index contributed by atoms with van der Waals surface area (Å²) in [7, 11) is 0. The van der Waals surface area contributed by atoms with Gasteiger partial charge in [0.15, 0.2) is 6.61 Å². The van der Waals surface area contributed by atoms with Gasteiger partial charge in [0.2, 0.25) is 0 Å². The Balaban J connectivity index is 1.62. The van der Waals surface area contributed by atoms with Crippen molar-refractivity contribution in [1.29, 1.82) is 0 Å². The van der Waals surface area contributed by atoms with Crippen LogP contribution in [-0.4, -0.2) is 22.5 Å². The molecule has 6 heteroatoms. The fourth-order valence-corrected chi connectivity index (χ4v) is 2.58. The molecule has 2 aromatic carbocycles. The second-order valence-electron chi connectivity index (χ2n) is 5.51. The molecule has 0 fully saturated rings. The van der Waals surface area contributed by atoms with Gasteiger partial charge in [0, 0.05) is 23.8 Å². The summed E-state index contributed by atoms with van der Waals surface area (Å²) >= 11 is 5.83. The third-order valence-electron chi connectivity index (χ3n) is 3.67. The fourth-order valence-electron chi connectivity index (χ4n) is 2.46. The van der Waals surface area contributed by atoms with Gasteiger partial charge in [-0.2, -0.15) is 0 Å². The zero-order valence-corrected chi connectivity index (χ0v) is 14.2. The molecule has 1 aromatic heterocycles. The number of nitrogens with one attached hydrogen (secondary N) is 2. The van der Waals surface area contributed by atoms with E-state index in [0.29, 0.717) is 17.2 Å². The maximum absolute atomic E-state index is 12.3. The fraction of sp³-hybridized carbons (Fsp3) is 0.158. The van der Waals surface area contributed by atoms with Gasteiger partial charge >= 0.3 is 0 Å². The Morgan fingerprint density at radius 1 is 1.16 bits per heavy atom. The van der Waals surface area contributed by atoms with Crippen molar-refractivity contribution >= 4 is 17.5 Å². The first kappa shape index (κ1) is 17.0. The predicted octanol–water partition coefficient (Wildman–Crippen LogP) is 3.54. The first-order valence-corrected chi connectivity index (χ1v) is 8.29. The van der Waals surface area contributed by atoms with Crippen molar-refractivity contribution in [3.05, 3.63) is 83.4 Å². The number of aromatic amines is 1. The van der Waals surface area contributed by atoms with E-state index in [9.17, 15) is 4.79 Å². The van der Waals surface area contributed by atoms with E-state index in [1.165, 1.54) is 0 Å². The summed E-state index contributed by atoms with van der Waals surface area (Å²) in [6.45, 7) is -0.0663. The summed E-state index contributed by atoms with van der Waals surface area (Å²) in [6, 6.07) is 16.5. The molecule has 0 saturated carbocycles. The average Bonchev–Trinajstić information content (AvgIpc) is 3.15. The van der Waals surface area contributed by atoms with Crippen molar-refractivity contribution in [1.82, 2.24) is 15.3 Å². The molecule has 1 atom stereocenters. The van der Waals surface area contributed by atoms with E-state index in [1.807, 2.05) is 30.3 Å². The van der Waals surface area contributed by atoms with E-state index in [-0.39, 0.29) is 18.6 Å². The van der Waals surface area contributed by atoms with Gasteiger partial charge in [0.25, 0.3) is 5.91 Å². The second-order valence-corrected chi connectivity index (χ2v) is 5.95. The van der Waals surface area contributed by atoms with Gasteiger partial charge in [-0.1, -0.05) is 41.9 Å². The first-order valence-electron chi connectivity index (χ1n) is 7.91. The maximum atomic E-state index is 12.3. The highest BCUT2D eigenvalue weighted by Gasteiger charge is 2.16. The Hall–Kier alpha value is -2.79. The van der Waals surface area contributed by atoms with Crippen LogP contribution in [0.1, 0.15) is 17.4 Å². The zero-order valence-electron chi connectivity index (χ0n) is 13.5. The third-order valence-corrected chi connectivity index (χ3v) is 3.93. The number of H-pyrrole nitrogens is 1. The molecular formula is C19H18ClN3O2. The second kappa shape index (κ2) is 8.35. The molecule has 25 heavy (non-hydrogen) atoms. The molecular weight excluding hydrogens is 338 g/mol. The molecule has 0 aliphatic heterocycles. The molecule has 0 bridgehead atoms. The van der Waals surface area contributed by atoms with Crippen LogP contribution in [0.4, 0.5) is 0 Å². The predicted molar refractivity (Wildman–Crippen MR) is 96.6 cm³/mol. The molecule has 0 aliphatic carbocycles. The van der Waals surface area contributed by atoms with Crippen LogP contribution in [0, 0.1) is 0 Å². The lowest BCUT2D eigenvalue weighted by Gasteiger charge is -2.18. The Morgan fingerprint density at radius 3 is 2.60 bits per heavy atom. The van der Waals surface area contributed by atoms with Crippen molar-refractivity contribution in [3.8, 4) is 5.75 Å². The van der Waals surface area contributed by atoms with Gasteiger partial charge < -0.3 is 15.0 Å². The first-order chi connectivity index (χ1) is 12.2. The lowest BCUT2D eigenvalue weighted by molar-refractivity contribution is -0.123. The highest BCUT2D eigenvalue weighted by atomic mass is 35.5. The van der Waals surface area contributed by atoms with Crippen molar-refractivity contribution < 1.29 is 9.53 Å². The van der Waals surface area contributed by atoms with Gasteiger partial charge in [-0.05, 0) is 29.8 Å². The monoisotopic (exact) mass is 355 g/mol. The number of halogens is 1. The lowest BCUT2D eigenvalue weighted by atomic mass is 10.0. The molecule has 1 heterocycles. The molecule has 1 unspecified atom stereocenters. The lowest BCUT2D eigenvalue weighted by Crippen LogP contribution is -2.34. The van der Waals surface area contributed by atoms with E-state index < -0.39 is 0 Å². The average molecular weight is 356 g/mol. The smallest absolute Gasteiger partial charge is 0.258 e. The Labute approximate surface area is 151 Å². The van der Waals surface area contributed by atoms with E-state index >= 15 is 0 Å². The quantitative estimate of drug-likeness (QED) is 0.681. The zero-order chi connectivity index (χ0) is 17.5. The topological polar surface area (TPSA) is 67.0 Å². The highest BCUT2D eigenvalue weighted by Crippen LogP contribution is 2.18. The molecule has 3 aromatic rings. The number of aromatic nitrogens is 2. The molecule has 0 saturated heterocycles. The minimum atomic E-state index is -0.199. The van der Waals surface area contributed by atoms with Gasteiger partial charge in [0.05, 0.1) is 6.04 Å². The third kappa shape index (κ3) is 5.09. The van der Waals surface area contributed by atoms with Crippen molar-refractivity contribution in [2.45, 2.75) is 12.5 Å². The maximum Gasteiger partial charge on any atom is 0.258 e. The van der Waals surface area contributed by atoms with E-state index in [0.717, 1.165) is 11.4 Å². The van der Waals surface area contributed by atoms with E-state index in [2.05, 4.69) is 15.3 Å². The number of carbonyl (C=O) groups is 1. The standard InChI is InChI=1S/C19H18ClN3O2/c20-15-6-8-16(9-7-15)25-13-19(24)23-17(12-18-21-10-11-22-18)14-4-2-1-3-5-14/h1-11,17H,12-13H2,(H,21,22)(H,23,24). The van der Waals surface area contributed by atoms with Crippen LogP contribution in [-0.2, 0) is 11.2 Å². The SMILES string of the molecule is O=C(COc1ccc(Cl)cc1)NC(Cc1ncc[nH]1)c1ccccc1. The normalized spacial score (nSPS) is 11.7. The van der Waals surface area contributed by atoms with Crippen LogP contribution in [0.2, 0.25) is 5.02 Å². The summed E-state index contributed by atoms with van der Waals surface area (Å²) in [5.74, 6) is 1.21. The summed E-state index contributed by atoms with van der Waals surface area (Å²) in [4.78, 5) is 19.6. The molecule has 1 amide bonds. The van der Waals surface area contributed by atoms with Crippen molar-refractivity contribution in [3.63, 3.8) is 0 Å². The number of carbonyl (C=O) groups excluding carboxylic acids is 1. The molecule has 128 valence electrons. The molecule has 0 aliphatic rings. The number of rotatable bonds is 7. The van der Waals surface area contributed by atoms with Gasteiger partial charge in [-0.15, -0.1) is 0 Å². The summed E-state index contributed by atoms with van der Waals surface area (Å²) < 4.78 is 5.50. The van der Waals surface area contributed by atoms with Gasteiger partial charge in [0.1, 0.15) is 11.6 Å². The molecule has 0 spiro atoms. The number of nitrogens with zero attached hydrogens (tertiary/aromatic N) is 1. The number of hydrogen-bond acceptors (Lipinski definition) is 3. The van der Waals surface area contributed by atoms with Crippen LogP contribution >= 0.6 is 11.6 Å². The number of imidazole rings is 1. The van der Waals surface area contributed by atoms with Gasteiger partial charge in [-0.25, -0.2) is 4.98 Å². The van der Waals surface area contributed by atoms with Crippen molar-refractivity contribution in [2.75, 3.05) is 6.61 Å². The highest BCUT2D eigenvalue weighted by molar-refractivity contribution is 6.30. The van der Waals surface area contributed by atoms with Crippen LogP contribution in [0.5, 0.6) is 5.75 Å². The molecule has 2 N–H and O–H groups in total. The van der Waals surface area contributed by atoms with Crippen LogP contribution in [0.15, 0.2) is 67.0 Å². The van der Waals surface area contributed by atoms with Crippen LogP contribution < -0.4 is 10.1 Å². The Kier molecular flexibility index (Phi) is 5.69. The minimum Gasteiger partial charge on any atom is -0.484 e.